The smallest absolute Gasteiger partial charge is 0.305 e. The molecular formula is C36H38N4O9. The molecule has 0 unspecified atom stereocenters. The number of hydrogen-bond donors (Lipinski definition) is 2. The van der Waals surface area contributed by atoms with Gasteiger partial charge in [-0.1, -0.05) is 35.8 Å². The maximum absolute atomic E-state index is 13.0. The van der Waals surface area contributed by atoms with E-state index in [9.17, 15) is 28.8 Å². The molecule has 2 atom stereocenters. The van der Waals surface area contributed by atoms with E-state index in [1.807, 2.05) is 0 Å². The molecule has 2 aromatic carbocycles. The quantitative estimate of drug-likeness (QED) is 0.159. The van der Waals surface area contributed by atoms with Gasteiger partial charge in [0, 0.05) is 48.2 Å². The second-order valence-corrected chi connectivity index (χ2v) is 11.4. The van der Waals surface area contributed by atoms with Crippen LogP contribution in [0.1, 0.15) is 75.6 Å². The lowest BCUT2D eigenvalue weighted by molar-refractivity contribution is -0.141. The first-order valence-corrected chi connectivity index (χ1v) is 15.7. The number of Topliss-reactive ketones (excluding diaryl/α,β-unsaturated/α-hetero) is 1. The topological polar surface area (TPSA) is 189 Å². The van der Waals surface area contributed by atoms with E-state index >= 15 is 0 Å². The first-order valence-electron chi connectivity index (χ1n) is 15.7. The number of fused-ring (bicyclic) bond motifs is 2. The van der Waals surface area contributed by atoms with Crippen molar-refractivity contribution in [2.75, 3.05) is 33.5 Å². The molecule has 2 aromatic rings. The van der Waals surface area contributed by atoms with Crippen LogP contribution in [-0.2, 0) is 46.5 Å². The van der Waals surface area contributed by atoms with Gasteiger partial charge in [-0.25, -0.2) is 0 Å². The third kappa shape index (κ3) is 9.11. The molecule has 0 bridgehead atoms. The first-order chi connectivity index (χ1) is 23.5. The molecule has 2 heterocycles. The highest BCUT2D eigenvalue weighted by Crippen LogP contribution is 2.30. The Morgan fingerprint density at radius 1 is 0.755 bits per heavy atom. The van der Waals surface area contributed by atoms with E-state index in [1.54, 1.807) is 36.4 Å². The number of amides is 4. The average molecular weight is 671 g/mol. The first kappa shape index (κ1) is 36.3. The van der Waals surface area contributed by atoms with Crippen LogP contribution >= 0.6 is 0 Å². The summed E-state index contributed by atoms with van der Waals surface area (Å²) in [5, 5.41) is 0. The highest BCUT2D eigenvalue weighted by atomic mass is 16.5. The van der Waals surface area contributed by atoms with Crippen LogP contribution in [-0.4, -0.2) is 90.8 Å². The third-order valence-corrected chi connectivity index (χ3v) is 8.19. The summed E-state index contributed by atoms with van der Waals surface area (Å²) in [4.78, 5) is 76.0. The molecule has 13 nitrogen and oxygen atoms in total. The van der Waals surface area contributed by atoms with Crippen molar-refractivity contribution in [3.8, 4) is 23.7 Å². The Labute approximate surface area is 284 Å². The van der Waals surface area contributed by atoms with Gasteiger partial charge in [-0.2, -0.15) is 0 Å². The molecule has 0 aromatic heterocycles. The van der Waals surface area contributed by atoms with E-state index in [-0.39, 0.29) is 82.8 Å². The number of primary amides is 2. The summed E-state index contributed by atoms with van der Waals surface area (Å²) in [5.41, 5.74) is 14.6. The van der Waals surface area contributed by atoms with Gasteiger partial charge in [0.1, 0.15) is 31.1 Å². The SMILES string of the molecule is COC(=O)CC[C@@H](C(N)=O)N1Cc2c(C#CCOCCOCC#Cc3cccc4c3CN([C@@H](CCC(C)=O)C(N)=O)C4=O)cccc2C1=O. The second kappa shape index (κ2) is 17.1. The number of nitrogens with zero attached hydrogens (tertiary/aromatic N) is 2. The van der Waals surface area contributed by atoms with Gasteiger partial charge in [0.2, 0.25) is 11.8 Å². The molecule has 0 aliphatic carbocycles. The Morgan fingerprint density at radius 2 is 1.20 bits per heavy atom. The monoisotopic (exact) mass is 670 g/mol. The molecule has 0 saturated carbocycles. The minimum absolute atomic E-state index is 0.0504. The molecule has 4 rings (SSSR count). The molecule has 0 spiro atoms. The summed E-state index contributed by atoms with van der Waals surface area (Å²) in [6.07, 6.45) is 0.318. The molecule has 0 radical (unpaired) electrons. The van der Waals surface area contributed by atoms with Crippen molar-refractivity contribution in [3.05, 3.63) is 69.8 Å². The molecule has 49 heavy (non-hydrogen) atoms. The van der Waals surface area contributed by atoms with Gasteiger partial charge in [0.25, 0.3) is 11.8 Å². The van der Waals surface area contributed by atoms with Crippen molar-refractivity contribution in [2.45, 2.75) is 57.8 Å². The van der Waals surface area contributed by atoms with Gasteiger partial charge in [-0.15, -0.1) is 0 Å². The zero-order valence-electron chi connectivity index (χ0n) is 27.4. The standard InChI is InChI=1S/C36H38N4O9/c1-23(41)13-14-30(33(37)43)39-21-28-24(7-3-11-26(28)35(39)45)9-5-17-48-19-20-49-18-6-10-25-8-4-12-27-29(25)22-40(36(27)46)31(34(38)44)15-16-32(42)47-2/h3-4,7-8,11-12,30-31H,13-22H2,1-2H3,(H2,37,43)(H2,38,44)/t30-,31-/m0/s1. The van der Waals surface area contributed by atoms with Crippen molar-refractivity contribution in [3.63, 3.8) is 0 Å². The number of nitrogens with two attached hydrogens (primary N) is 2. The molecule has 13 heteroatoms. The van der Waals surface area contributed by atoms with Crippen LogP contribution in [0.5, 0.6) is 0 Å². The van der Waals surface area contributed by atoms with Crippen LogP contribution in [0.15, 0.2) is 36.4 Å². The van der Waals surface area contributed by atoms with E-state index in [0.717, 1.165) is 0 Å². The largest absolute Gasteiger partial charge is 0.469 e. The van der Waals surface area contributed by atoms with Crippen molar-refractivity contribution >= 4 is 35.4 Å². The number of rotatable bonds is 15. The van der Waals surface area contributed by atoms with Gasteiger partial charge in [-0.3, -0.25) is 24.0 Å². The molecule has 0 fully saturated rings. The van der Waals surface area contributed by atoms with E-state index in [1.165, 1.54) is 23.8 Å². The number of ether oxygens (including phenoxy) is 3. The van der Waals surface area contributed by atoms with Gasteiger partial charge in [-0.05, 0) is 55.2 Å². The Balaban J connectivity index is 1.24. The van der Waals surface area contributed by atoms with Gasteiger partial charge in [0.05, 0.1) is 20.3 Å². The number of esters is 1. The normalized spacial score (nSPS) is 14.2. The summed E-state index contributed by atoms with van der Waals surface area (Å²) in [7, 11) is 1.25. The molecular weight excluding hydrogens is 632 g/mol. The van der Waals surface area contributed by atoms with Crippen LogP contribution in [0.3, 0.4) is 0 Å². The summed E-state index contributed by atoms with van der Waals surface area (Å²) in [6, 6.07) is 8.49. The lowest BCUT2D eigenvalue weighted by Gasteiger charge is -2.24. The summed E-state index contributed by atoms with van der Waals surface area (Å²) in [5.74, 6) is 9.29. The minimum atomic E-state index is -0.957. The fourth-order valence-electron chi connectivity index (χ4n) is 5.67. The van der Waals surface area contributed by atoms with Gasteiger partial charge in [0.15, 0.2) is 0 Å². The van der Waals surface area contributed by atoms with E-state index in [0.29, 0.717) is 33.4 Å². The molecule has 2 aliphatic heterocycles. The Hall–Kier alpha value is -5.50. The lowest BCUT2D eigenvalue weighted by Crippen LogP contribution is -2.45. The predicted molar refractivity (Wildman–Crippen MR) is 175 cm³/mol. The summed E-state index contributed by atoms with van der Waals surface area (Å²) >= 11 is 0. The summed E-state index contributed by atoms with van der Waals surface area (Å²) in [6.45, 7) is 2.48. The van der Waals surface area contributed by atoms with E-state index < -0.39 is 29.9 Å². The summed E-state index contributed by atoms with van der Waals surface area (Å²) < 4.78 is 15.7. The molecule has 256 valence electrons. The Kier molecular flexibility index (Phi) is 12.7. The second-order valence-electron chi connectivity index (χ2n) is 11.4. The number of carbonyl (C=O) groups excluding carboxylic acids is 6. The molecule has 4 N–H and O–H groups in total. The number of methoxy groups -OCH3 is 1. The number of hydrogen-bond acceptors (Lipinski definition) is 9. The highest BCUT2D eigenvalue weighted by Gasteiger charge is 2.37. The Morgan fingerprint density at radius 3 is 1.61 bits per heavy atom. The number of benzene rings is 2. The maximum atomic E-state index is 13.0. The van der Waals surface area contributed by atoms with Crippen molar-refractivity contribution in [2.24, 2.45) is 11.5 Å². The molecule has 2 aliphatic rings. The predicted octanol–water partition coefficient (Wildman–Crippen LogP) is 1.06. The van der Waals surface area contributed by atoms with Crippen LogP contribution in [0, 0.1) is 23.7 Å². The van der Waals surface area contributed by atoms with Gasteiger partial charge >= 0.3 is 5.97 Å². The van der Waals surface area contributed by atoms with Crippen LogP contribution in [0.4, 0.5) is 0 Å². The van der Waals surface area contributed by atoms with E-state index in [2.05, 4.69) is 28.4 Å². The average Bonchev–Trinajstić information content (AvgIpc) is 3.58. The maximum Gasteiger partial charge on any atom is 0.305 e. The number of carbonyl (C=O) groups is 6. The fraction of sp³-hybridized carbons (Fsp3) is 0.389. The lowest BCUT2D eigenvalue weighted by atomic mass is 10.0. The van der Waals surface area contributed by atoms with Crippen LogP contribution < -0.4 is 11.5 Å². The van der Waals surface area contributed by atoms with Crippen molar-refractivity contribution in [1.82, 2.24) is 9.80 Å². The fourth-order valence-corrected chi connectivity index (χ4v) is 5.67. The van der Waals surface area contributed by atoms with Crippen molar-refractivity contribution in [1.29, 1.82) is 0 Å². The zero-order chi connectivity index (χ0) is 35.5. The van der Waals surface area contributed by atoms with E-state index in [4.69, 9.17) is 20.9 Å². The van der Waals surface area contributed by atoms with Crippen LogP contribution in [0.25, 0.3) is 0 Å². The highest BCUT2D eigenvalue weighted by molar-refractivity contribution is 6.02. The zero-order valence-corrected chi connectivity index (χ0v) is 27.4. The number of ketones is 1. The van der Waals surface area contributed by atoms with Gasteiger partial charge < -0.3 is 40.3 Å². The molecule has 0 saturated heterocycles. The third-order valence-electron chi connectivity index (χ3n) is 8.19. The van der Waals surface area contributed by atoms with Crippen LogP contribution in [0.2, 0.25) is 0 Å². The minimum Gasteiger partial charge on any atom is -0.469 e. The Bertz CT molecular complexity index is 1760. The molecule has 4 amide bonds. The van der Waals surface area contributed by atoms with Crippen molar-refractivity contribution < 1.29 is 43.0 Å².